The molecule has 0 fully saturated rings. The Labute approximate surface area is 82.5 Å². The van der Waals surface area contributed by atoms with Crippen LogP contribution in [0.2, 0.25) is 0 Å². The first-order chi connectivity index (χ1) is 6.00. The summed E-state index contributed by atoms with van der Waals surface area (Å²) < 4.78 is 13.0. The predicted octanol–water partition coefficient (Wildman–Crippen LogP) is 3.22. The van der Waals surface area contributed by atoms with Crippen LogP contribution in [-0.2, 0) is 0 Å². The minimum Gasteiger partial charge on any atom is -0.398 e. The highest BCUT2D eigenvalue weighted by molar-refractivity contribution is 8.00. The number of hydrogen-bond donors (Lipinski definition) is 1. The SMILES string of the molecule is Cc1cc(SC(C)C)c(N)cc1F. The van der Waals surface area contributed by atoms with Crippen molar-refractivity contribution in [2.45, 2.75) is 30.9 Å². The third-order valence-electron chi connectivity index (χ3n) is 1.65. The molecule has 3 heteroatoms. The summed E-state index contributed by atoms with van der Waals surface area (Å²) >= 11 is 1.66. The highest BCUT2D eigenvalue weighted by Gasteiger charge is 2.06. The van der Waals surface area contributed by atoms with Gasteiger partial charge in [0.15, 0.2) is 0 Å². The average molecular weight is 199 g/mol. The molecule has 0 saturated carbocycles. The number of nitrogen functional groups attached to an aromatic ring is 1. The second-order valence-corrected chi connectivity index (χ2v) is 4.92. The Morgan fingerprint density at radius 1 is 1.38 bits per heavy atom. The normalized spacial score (nSPS) is 10.8. The maximum Gasteiger partial charge on any atom is 0.128 e. The van der Waals surface area contributed by atoms with E-state index in [1.165, 1.54) is 6.07 Å². The van der Waals surface area contributed by atoms with Crippen LogP contribution in [0.4, 0.5) is 10.1 Å². The Morgan fingerprint density at radius 2 is 2.00 bits per heavy atom. The molecular weight excluding hydrogens is 185 g/mol. The molecule has 0 unspecified atom stereocenters. The van der Waals surface area contributed by atoms with E-state index in [0.29, 0.717) is 16.5 Å². The molecular formula is C10H14FNS. The molecule has 0 amide bonds. The second-order valence-electron chi connectivity index (χ2n) is 3.31. The summed E-state index contributed by atoms with van der Waals surface area (Å²) in [6.45, 7) is 5.92. The van der Waals surface area contributed by atoms with Crippen LogP contribution in [0.3, 0.4) is 0 Å². The molecule has 1 nitrogen and oxygen atoms in total. The van der Waals surface area contributed by atoms with Gasteiger partial charge in [-0.3, -0.25) is 0 Å². The van der Waals surface area contributed by atoms with E-state index in [1.807, 2.05) is 0 Å². The maximum absolute atomic E-state index is 13.0. The van der Waals surface area contributed by atoms with Crippen molar-refractivity contribution in [3.05, 3.63) is 23.5 Å². The summed E-state index contributed by atoms with van der Waals surface area (Å²) in [5.74, 6) is -0.231. The quantitative estimate of drug-likeness (QED) is 0.584. The first-order valence-electron chi connectivity index (χ1n) is 4.23. The van der Waals surface area contributed by atoms with Gasteiger partial charge in [0.25, 0.3) is 0 Å². The van der Waals surface area contributed by atoms with Gasteiger partial charge in [0.1, 0.15) is 5.82 Å². The molecule has 0 aliphatic carbocycles. The first kappa shape index (κ1) is 10.4. The Morgan fingerprint density at radius 3 is 2.54 bits per heavy atom. The van der Waals surface area contributed by atoms with Crippen molar-refractivity contribution < 1.29 is 4.39 Å². The van der Waals surface area contributed by atoms with E-state index in [0.717, 1.165) is 4.90 Å². The van der Waals surface area contributed by atoms with E-state index in [1.54, 1.807) is 24.8 Å². The molecule has 72 valence electrons. The summed E-state index contributed by atoms with van der Waals surface area (Å²) in [6, 6.07) is 3.19. The van der Waals surface area contributed by atoms with Crippen LogP contribution in [0.15, 0.2) is 17.0 Å². The van der Waals surface area contributed by atoms with E-state index in [9.17, 15) is 4.39 Å². The van der Waals surface area contributed by atoms with Gasteiger partial charge >= 0.3 is 0 Å². The monoisotopic (exact) mass is 199 g/mol. The van der Waals surface area contributed by atoms with Crippen molar-refractivity contribution in [3.63, 3.8) is 0 Å². The van der Waals surface area contributed by atoms with Crippen LogP contribution in [0.5, 0.6) is 0 Å². The van der Waals surface area contributed by atoms with Crippen LogP contribution < -0.4 is 5.73 Å². The minimum absolute atomic E-state index is 0.231. The Bertz CT molecular complexity index is 310. The minimum atomic E-state index is -0.231. The van der Waals surface area contributed by atoms with E-state index >= 15 is 0 Å². The molecule has 0 radical (unpaired) electrons. The molecule has 0 aliphatic heterocycles. The Balaban J connectivity index is 3.01. The molecule has 1 aromatic carbocycles. The van der Waals surface area contributed by atoms with Crippen molar-refractivity contribution in [3.8, 4) is 0 Å². The maximum atomic E-state index is 13.0. The van der Waals surface area contributed by atoms with Gasteiger partial charge in [0.2, 0.25) is 0 Å². The fourth-order valence-corrected chi connectivity index (χ4v) is 1.97. The number of halogens is 1. The highest BCUT2D eigenvalue weighted by Crippen LogP contribution is 2.30. The fraction of sp³-hybridized carbons (Fsp3) is 0.400. The van der Waals surface area contributed by atoms with E-state index in [-0.39, 0.29) is 5.82 Å². The van der Waals surface area contributed by atoms with Crippen LogP contribution in [-0.4, -0.2) is 5.25 Å². The summed E-state index contributed by atoms with van der Waals surface area (Å²) in [6.07, 6.45) is 0. The van der Waals surface area contributed by atoms with Crippen molar-refractivity contribution in [2.75, 3.05) is 5.73 Å². The zero-order valence-electron chi connectivity index (χ0n) is 8.10. The lowest BCUT2D eigenvalue weighted by Gasteiger charge is -2.09. The molecule has 0 bridgehead atoms. The van der Waals surface area contributed by atoms with Crippen molar-refractivity contribution in [1.82, 2.24) is 0 Å². The lowest BCUT2D eigenvalue weighted by atomic mass is 10.2. The Hall–Kier alpha value is -0.700. The second kappa shape index (κ2) is 4.01. The standard InChI is InChI=1S/C10H14FNS/c1-6(2)13-10-4-7(3)8(11)5-9(10)12/h4-6H,12H2,1-3H3. The average Bonchev–Trinajstić information content (AvgIpc) is 1.99. The third kappa shape index (κ3) is 2.62. The molecule has 2 N–H and O–H groups in total. The number of aryl methyl sites for hydroxylation is 1. The number of nitrogens with two attached hydrogens (primary N) is 1. The molecule has 0 spiro atoms. The number of hydrogen-bond acceptors (Lipinski definition) is 2. The summed E-state index contributed by atoms with van der Waals surface area (Å²) in [5, 5.41) is 0.465. The largest absolute Gasteiger partial charge is 0.398 e. The van der Waals surface area contributed by atoms with Crippen molar-refractivity contribution >= 4 is 17.4 Å². The molecule has 0 atom stereocenters. The third-order valence-corrected chi connectivity index (χ3v) is 2.73. The van der Waals surface area contributed by atoms with Gasteiger partial charge in [0, 0.05) is 15.8 Å². The van der Waals surface area contributed by atoms with Gasteiger partial charge in [-0.2, -0.15) is 0 Å². The highest BCUT2D eigenvalue weighted by atomic mass is 32.2. The lowest BCUT2D eigenvalue weighted by molar-refractivity contribution is 0.618. The fourth-order valence-electron chi connectivity index (χ4n) is 1.03. The molecule has 1 rings (SSSR count). The molecule has 0 aliphatic rings. The van der Waals surface area contributed by atoms with Gasteiger partial charge in [0.05, 0.1) is 0 Å². The number of rotatable bonds is 2. The zero-order chi connectivity index (χ0) is 10.0. The molecule has 0 aromatic heterocycles. The molecule has 0 saturated heterocycles. The summed E-state index contributed by atoms with van der Waals surface area (Å²) in [7, 11) is 0. The topological polar surface area (TPSA) is 26.0 Å². The van der Waals surface area contributed by atoms with E-state index in [4.69, 9.17) is 5.73 Å². The van der Waals surface area contributed by atoms with Gasteiger partial charge in [-0.15, -0.1) is 11.8 Å². The van der Waals surface area contributed by atoms with Crippen LogP contribution in [0.25, 0.3) is 0 Å². The van der Waals surface area contributed by atoms with Crippen molar-refractivity contribution in [2.24, 2.45) is 0 Å². The van der Waals surface area contributed by atoms with Crippen molar-refractivity contribution in [1.29, 1.82) is 0 Å². The summed E-state index contributed by atoms with van der Waals surface area (Å²) in [5.41, 5.74) is 6.86. The molecule has 13 heavy (non-hydrogen) atoms. The van der Waals surface area contributed by atoms with Gasteiger partial charge in [-0.25, -0.2) is 4.39 Å². The smallest absolute Gasteiger partial charge is 0.128 e. The number of benzene rings is 1. The van der Waals surface area contributed by atoms with Crippen LogP contribution in [0.1, 0.15) is 19.4 Å². The number of thioether (sulfide) groups is 1. The predicted molar refractivity (Wildman–Crippen MR) is 56.5 cm³/mol. The van der Waals surface area contributed by atoms with Gasteiger partial charge in [-0.1, -0.05) is 13.8 Å². The zero-order valence-corrected chi connectivity index (χ0v) is 8.91. The van der Waals surface area contributed by atoms with E-state index < -0.39 is 0 Å². The lowest BCUT2D eigenvalue weighted by Crippen LogP contribution is -1.95. The number of anilines is 1. The Kier molecular flexibility index (Phi) is 3.20. The van der Waals surface area contributed by atoms with Crippen LogP contribution >= 0.6 is 11.8 Å². The van der Waals surface area contributed by atoms with Gasteiger partial charge < -0.3 is 5.73 Å². The van der Waals surface area contributed by atoms with Crippen LogP contribution in [0, 0.1) is 12.7 Å². The van der Waals surface area contributed by atoms with E-state index in [2.05, 4.69) is 13.8 Å². The first-order valence-corrected chi connectivity index (χ1v) is 5.11. The molecule has 1 aromatic rings. The van der Waals surface area contributed by atoms with Gasteiger partial charge in [-0.05, 0) is 24.6 Å². The molecule has 0 heterocycles. The summed E-state index contributed by atoms with van der Waals surface area (Å²) in [4.78, 5) is 0.967.